The van der Waals surface area contributed by atoms with E-state index in [1.807, 2.05) is 0 Å². The maximum atomic E-state index is 8.72. The van der Waals surface area contributed by atoms with E-state index in [0.717, 1.165) is 24.9 Å². The van der Waals surface area contributed by atoms with Gasteiger partial charge < -0.3 is 20.6 Å². The number of carbonyl (C=O) groups is 2. The molecule has 0 saturated heterocycles. The molecule has 0 aliphatic heterocycles. The van der Waals surface area contributed by atoms with Crippen LogP contribution in [0, 0.1) is 11.8 Å². The van der Waals surface area contributed by atoms with E-state index in [0.29, 0.717) is 0 Å². The predicted molar refractivity (Wildman–Crippen MR) is 225 cm³/mol. The summed E-state index contributed by atoms with van der Waals surface area (Å²) in [4.78, 5) is 16.7. The zero-order chi connectivity index (χ0) is 38.7. The first kappa shape index (κ1) is 56.6. The maximum Gasteiger partial charge on any atom is 0.290 e. The van der Waals surface area contributed by atoms with Crippen LogP contribution in [0.15, 0.2) is 0 Å². The molecule has 0 bridgehead atoms. The van der Waals surface area contributed by atoms with Crippen LogP contribution in [0.2, 0.25) is 0 Å². The average molecular weight is 730 g/mol. The topological polar surface area (TPSA) is 107 Å². The predicted octanol–water partition coefficient (Wildman–Crippen LogP) is 14.2. The Kier molecular flexibility index (Phi) is 64.6. The fourth-order valence-corrected chi connectivity index (χ4v) is 7.01. The summed E-state index contributed by atoms with van der Waals surface area (Å²) in [7, 11) is 0. The van der Waals surface area contributed by atoms with Crippen molar-refractivity contribution in [1.82, 2.24) is 5.32 Å². The van der Waals surface area contributed by atoms with Gasteiger partial charge in [-0.15, -0.1) is 0 Å². The van der Waals surface area contributed by atoms with Crippen molar-refractivity contribution >= 4 is 12.9 Å². The summed E-state index contributed by atoms with van der Waals surface area (Å²) in [5.41, 5.74) is 0. The van der Waals surface area contributed by atoms with Gasteiger partial charge >= 0.3 is 0 Å². The molecule has 6 heteroatoms. The van der Waals surface area contributed by atoms with Gasteiger partial charge in [0.25, 0.3) is 12.9 Å². The molecule has 310 valence electrons. The van der Waals surface area contributed by atoms with Gasteiger partial charge in [0.2, 0.25) is 0 Å². The van der Waals surface area contributed by atoms with Crippen molar-refractivity contribution in [3.63, 3.8) is 0 Å². The highest BCUT2D eigenvalue weighted by atomic mass is 16.3. The van der Waals surface area contributed by atoms with Crippen molar-refractivity contribution in [1.29, 1.82) is 0 Å². The van der Waals surface area contributed by atoms with Crippen LogP contribution in [0.5, 0.6) is 0 Å². The van der Waals surface area contributed by atoms with E-state index in [1.54, 1.807) is 0 Å². The summed E-state index contributed by atoms with van der Waals surface area (Å²) in [6.07, 6.45) is 47.5. The smallest absolute Gasteiger partial charge is 0.290 e. The van der Waals surface area contributed by atoms with Crippen LogP contribution in [0.1, 0.15) is 247 Å². The summed E-state index contributed by atoms with van der Waals surface area (Å²) < 4.78 is 0. The molecule has 0 radical (unpaired) electrons. The Hall–Kier alpha value is -1.14. The van der Waals surface area contributed by atoms with Crippen LogP contribution in [-0.4, -0.2) is 48.0 Å². The minimum absolute atomic E-state index is 0.250. The molecule has 0 heterocycles. The molecule has 6 nitrogen and oxygen atoms in total. The van der Waals surface area contributed by atoms with Gasteiger partial charge in [0, 0.05) is 6.54 Å². The van der Waals surface area contributed by atoms with Gasteiger partial charge in [-0.05, 0) is 24.8 Å². The Labute approximate surface area is 320 Å². The molecule has 0 amide bonds. The van der Waals surface area contributed by atoms with Gasteiger partial charge in [0.15, 0.2) is 0 Å². The maximum absolute atomic E-state index is 8.72. The van der Waals surface area contributed by atoms with Crippen LogP contribution < -0.4 is 5.32 Å². The molecule has 1 unspecified atom stereocenters. The number of aliphatic hydroxyl groups is 1. The van der Waals surface area contributed by atoms with E-state index >= 15 is 0 Å². The normalized spacial score (nSPS) is 11.1. The van der Waals surface area contributed by atoms with Crippen LogP contribution in [0.4, 0.5) is 0 Å². The monoisotopic (exact) mass is 730 g/mol. The second-order valence-corrected chi connectivity index (χ2v) is 14.9. The van der Waals surface area contributed by atoms with Gasteiger partial charge in [-0.2, -0.15) is 0 Å². The van der Waals surface area contributed by atoms with Gasteiger partial charge in [-0.25, -0.2) is 0 Å². The summed E-state index contributed by atoms with van der Waals surface area (Å²) in [5, 5.41) is 25.8. The van der Waals surface area contributed by atoms with Crippen LogP contribution >= 0.6 is 0 Å². The lowest BCUT2D eigenvalue weighted by molar-refractivity contribution is -0.123. The first-order chi connectivity index (χ1) is 25.0. The van der Waals surface area contributed by atoms with Crippen molar-refractivity contribution in [2.24, 2.45) is 11.8 Å². The zero-order valence-electron chi connectivity index (χ0n) is 35.4. The standard InChI is InChI=1S/C23H49NO.C20H42.2CH2O2/c1-3-5-7-10-14-18-23(17-13-8-6-4-2)19-15-11-9-12-16-20-24-21-22-25;1-4-7-9-11-13-15-18-20(17-6-3)19-16-14-12-10-8-5-2;2*2-1-3/h23-25H,3-22H2,1-2H3;20H,4-19H2,1-3H3;2*1H,(H,2,3). The van der Waals surface area contributed by atoms with Crippen LogP contribution in [-0.2, 0) is 9.59 Å². The highest BCUT2D eigenvalue weighted by Gasteiger charge is 2.09. The molecule has 0 aromatic heterocycles. The number of hydrogen-bond acceptors (Lipinski definition) is 4. The average Bonchev–Trinajstić information content (AvgIpc) is 3.12. The number of rotatable bonds is 37. The van der Waals surface area contributed by atoms with E-state index in [2.05, 4.69) is 39.9 Å². The summed E-state index contributed by atoms with van der Waals surface area (Å²) in [6, 6.07) is 0. The molecule has 1 atom stereocenters. The minimum Gasteiger partial charge on any atom is -0.483 e. The molecule has 51 heavy (non-hydrogen) atoms. The lowest BCUT2D eigenvalue weighted by Crippen LogP contribution is -2.19. The Morgan fingerprint density at radius 1 is 0.373 bits per heavy atom. The molecule has 4 N–H and O–H groups in total. The van der Waals surface area contributed by atoms with Crippen LogP contribution in [0.3, 0.4) is 0 Å². The third kappa shape index (κ3) is 61.2. The zero-order valence-corrected chi connectivity index (χ0v) is 35.4. The van der Waals surface area contributed by atoms with E-state index in [-0.39, 0.29) is 19.6 Å². The van der Waals surface area contributed by atoms with Gasteiger partial charge in [-0.1, -0.05) is 240 Å². The molecule has 0 aromatic carbocycles. The number of carboxylic acid groups (broad SMARTS) is 2. The molecule has 0 saturated carbocycles. The van der Waals surface area contributed by atoms with Crippen molar-refractivity contribution in [2.45, 2.75) is 247 Å². The Bertz CT molecular complexity index is 555. The largest absolute Gasteiger partial charge is 0.483 e. The summed E-state index contributed by atoms with van der Waals surface area (Å²) in [6.45, 7) is 13.2. The van der Waals surface area contributed by atoms with Crippen molar-refractivity contribution in [3.05, 3.63) is 0 Å². The highest BCUT2D eigenvalue weighted by molar-refractivity contribution is 5.33. The molecular weight excluding hydrogens is 634 g/mol. The second kappa shape index (κ2) is 58.2. The molecule has 0 fully saturated rings. The number of nitrogens with one attached hydrogen (secondary N) is 1. The minimum atomic E-state index is -0.250. The molecule has 0 aliphatic rings. The quantitative estimate of drug-likeness (QED) is 0.0375. The molecule has 0 rings (SSSR count). The summed E-state index contributed by atoms with van der Waals surface area (Å²) >= 11 is 0. The van der Waals surface area contributed by atoms with Crippen molar-refractivity contribution in [2.75, 3.05) is 19.7 Å². The molecular formula is C45H95NO5. The van der Waals surface area contributed by atoms with Crippen molar-refractivity contribution < 1.29 is 24.9 Å². The van der Waals surface area contributed by atoms with Crippen LogP contribution in [0.25, 0.3) is 0 Å². The van der Waals surface area contributed by atoms with E-state index in [9.17, 15) is 0 Å². The Balaban J connectivity index is -0.000000381. The third-order valence-corrected chi connectivity index (χ3v) is 10.1. The fourth-order valence-electron chi connectivity index (χ4n) is 7.01. The second-order valence-electron chi connectivity index (χ2n) is 14.9. The summed E-state index contributed by atoms with van der Waals surface area (Å²) in [5.74, 6) is 2.04. The SMILES string of the molecule is CCCCCCCC(CCCCCC)CCCCCCCNCCO.CCCCCCCCC(CCC)CCCCCCCC.O=CO.O=CO. The van der Waals surface area contributed by atoms with Gasteiger partial charge in [0.1, 0.15) is 0 Å². The third-order valence-electron chi connectivity index (χ3n) is 10.1. The Morgan fingerprint density at radius 3 is 0.922 bits per heavy atom. The first-order valence-corrected chi connectivity index (χ1v) is 22.5. The van der Waals surface area contributed by atoms with Gasteiger partial charge in [0.05, 0.1) is 6.61 Å². The van der Waals surface area contributed by atoms with Gasteiger partial charge in [-0.3, -0.25) is 9.59 Å². The number of unbranched alkanes of at least 4 members (excludes halogenated alkanes) is 21. The molecule has 0 spiro atoms. The van der Waals surface area contributed by atoms with E-state index < -0.39 is 0 Å². The lowest BCUT2D eigenvalue weighted by Gasteiger charge is -2.17. The molecule has 0 aliphatic carbocycles. The number of hydrogen-bond donors (Lipinski definition) is 4. The Morgan fingerprint density at radius 2 is 0.627 bits per heavy atom. The highest BCUT2D eigenvalue weighted by Crippen LogP contribution is 2.25. The number of aliphatic hydroxyl groups excluding tert-OH is 1. The van der Waals surface area contributed by atoms with E-state index in [4.69, 9.17) is 24.9 Å². The fraction of sp³-hybridized carbons (Fsp3) is 0.956. The lowest BCUT2D eigenvalue weighted by atomic mass is 9.89. The van der Waals surface area contributed by atoms with Crippen molar-refractivity contribution in [3.8, 4) is 0 Å². The van der Waals surface area contributed by atoms with E-state index in [1.165, 1.54) is 212 Å². The molecule has 0 aromatic rings. The first-order valence-electron chi connectivity index (χ1n) is 22.5.